The Kier molecular flexibility index (Phi) is 6.27. The maximum absolute atomic E-state index is 12.2. The van der Waals surface area contributed by atoms with Crippen LogP contribution in [-0.4, -0.2) is 29.2 Å². The molecule has 112 valence electrons. The Labute approximate surface area is 117 Å². The lowest BCUT2D eigenvalue weighted by atomic mass is 9.92. The zero-order valence-corrected chi connectivity index (χ0v) is 12.6. The van der Waals surface area contributed by atoms with Crippen molar-refractivity contribution in [3.05, 3.63) is 0 Å². The van der Waals surface area contributed by atoms with E-state index in [0.29, 0.717) is 18.9 Å². The van der Waals surface area contributed by atoms with E-state index >= 15 is 0 Å². The van der Waals surface area contributed by atoms with Gasteiger partial charge in [0.2, 0.25) is 5.91 Å². The first kappa shape index (κ1) is 16.4. The van der Waals surface area contributed by atoms with Crippen LogP contribution in [0.4, 0.5) is 0 Å². The number of hydrogen-bond donors (Lipinski definition) is 3. The third-order valence-corrected chi connectivity index (χ3v) is 3.90. The molecule has 0 aromatic heterocycles. The first-order chi connectivity index (χ1) is 8.82. The lowest BCUT2D eigenvalue weighted by molar-refractivity contribution is -0.127. The van der Waals surface area contributed by atoms with Gasteiger partial charge in [0, 0.05) is 12.6 Å². The van der Waals surface area contributed by atoms with Crippen LogP contribution in [0.25, 0.3) is 0 Å². The van der Waals surface area contributed by atoms with Crippen molar-refractivity contribution in [2.24, 2.45) is 17.6 Å². The van der Waals surface area contributed by atoms with E-state index in [1.54, 1.807) is 6.92 Å². The summed E-state index contributed by atoms with van der Waals surface area (Å²) in [5.74, 6) is 0.336. The summed E-state index contributed by atoms with van der Waals surface area (Å²) >= 11 is 0. The summed E-state index contributed by atoms with van der Waals surface area (Å²) in [5.41, 5.74) is 5.24. The molecule has 0 spiro atoms. The number of carbonyl (C=O) groups excluding carboxylic acids is 1. The molecule has 3 unspecified atom stereocenters. The van der Waals surface area contributed by atoms with Crippen molar-refractivity contribution in [2.75, 3.05) is 6.54 Å². The number of carbonyl (C=O) groups is 1. The number of rotatable bonds is 5. The standard InChI is InChI=1S/C15H30N2O2/c1-11(2)9-15(3,19)10-17-14(18)12-7-5-4-6-8-13(12)16/h11-13,19H,4-10,16H2,1-3H3,(H,17,18). The van der Waals surface area contributed by atoms with Gasteiger partial charge in [0.25, 0.3) is 0 Å². The number of nitrogens with one attached hydrogen (secondary N) is 1. The van der Waals surface area contributed by atoms with Gasteiger partial charge in [-0.05, 0) is 32.1 Å². The molecule has 0 aliphatic heterocycles. The van der Waals surface area contributed by atoms with Crippen LogP contribution in [0.3, 0.4) is 0 Å². The number of aliphatic hydroxyl groups is 1. The topological polar surface area (TPSA) is 75.3 Å². The molecule has 1 saturated carbocycles. The van der Waals surface area contributed by atoms with Gasteiger partial charge in [-0.1, -0.05) is 33.1 Å². The maximum Gasteiger partial charge on any atom is 0.224 e. The van der Waals surface area contributed by atoms with Gasteiger partial charge in [-0.3, -0.25) is 4.79 Å². The minimum Gasteiger partial charge on any atom is -0.388 e. The smallest absolute Gasteiger partial charge is 0.224 e. The number of amides is 1. The predicted octanol–water partition coefficient (Wildman–Crippen LogP) is 1.81. The Morgan fingerprint density at radius 3 is 2.63 bits per heavy atom. The Morgan fingerprint density at radius 1 is 1.37 bits per heavy atom. The summed E-state index contributed by atoms with van der Waals surface area (Å²) in [6, 6.07) is -0.0300. The second-order valence-corrected chi connectivity index (χ2v) is 6.72. The normalized spacial score (nSPS) is 27.7. The number of hydrogen-bond acceptors (Lipinski definition) is 3. The van der Waals surface area contributed by atoms with Crippen molar-refractivity contribution in [1.82, 2.24) is 5.32 Å². The fraction of sp³-hybridized carbons (Fsp3) is 0.933. The van der Waals surface area contributed by atoms with Crippen LogP contribution >= 0.6 is 0 Å². The van der Waals surface area contributed by atoms with Crippen molar-refractivity contribution >= 4 is 5.91 Å². The highest BCUT2D eigenvalue weighted by Gasteiger charge is 2.29. The lowest BCUT2D eigenvalue weighted by Gasteiger charge is -2.27. The fourth-order valence-electron chi connectivity index (χ4n) is 3.02. The van der Waals surface area contributed by atoms with Crippen LogP contribution in [0.2, 0.25) is 0 Å². The zero-order valence-electron chi connectivity index (χ0n) is 12.6. The highest BCUT2D eigenvalue weighted by molar-refractivity contribution is 5.79. The molecule has 19 heavy (non-hydrogen) atoms. The monoisotopic (exact) mass is 270 g/mol. The molecule has 4 N–H and O–H groups in total. The fourth-order valence-corrected chi connectivity index (χ4v) is 3.02. The van der Waals surface area contributed by atoms with Crippen molar-refractivity contribution in [2.45, 2.75) is 70.9 Å². The summed E-state index contributed by atoms with van der Waals surface area (Å²) in [6.07, 6.45) is 5.86. The Morgan fingerprint density at radius 2 is 2.00 bits per heavy atom. The molecule has 1 amide bonds. The van der Waals surface area contributed by atoms with E-state index < -0.39 is 5.60 Å². The molecule has 0 radical (unpaired) electrons. The molecule has 1 fully saturated rings. The van der Waals surface area contributed by atoms with E-state index in [-0.39, 0.29) is 17.9 Å². The summed E-state index contributed by atoms with van der Waals surface area (Å²) in [4.78, 5) is 12.2. The summed E-state index contributed by atoms with van der Waals surface area (Å²) < 4.78 is 0. The van der Waals surface area contributed by atoms with Gasteiger partial charge in [0.1, 0.15) is 0 Å². The summed E-state index contributed by atoms with van der Waals surface area (Å²) in [7, 11) is 0. The lowest BCUT2D eigenvalue weighted by Crippen LogP contribution is -2.47. The molecule has 4 nitrogen and oxygen atoms in total. The largest absolute Gasteiger partial charge is 0.388 e. The molecule has 0 heterocycles. The van der Waals surface area contributed by atoms with E-state index in [4.69, 9.17) is 5.73 Å². The minimum absolute atomic E-state index is 0.0124. The van der Waals surface area contributed by atoms with Gasteiger partial charge in [-0.25, -0.2) is 0 Å². The minimum atomic E-state index is -0.835. The first-order valence-corrected chi connectivity index (χ1v) is 7.57. The van der Waals surface area contributed by atoms with E-state index in [0.717, 1.165) is 25.7 Å². The highest BCUT2D eigenvalue weighted by atomic mass is 16.3. The van der Waals surface area contributed by atoms with Gasteiger partial charge >= 0.3 is 0 Å². The Hall–Kier alpha value is -0.610. The van der Waals surface area contributed by atoms with Crippen molar-refractivity contribution in [3.8, 4) is 0 Å². The highest BCUT2D eigenvalue weighted by Crippen LogP contribution is 2.23. The van der Waals surface area contributed by atoms with Crippen LogP contribution in [0.15, 0.2) is 0 Å². The van der Waals surface area contributed by atoms with Gasteiger partial charge in [-0.15, -0.1) is 0 Å². The second-order valence-electron chi connectivity index (χ2n) is 6.72. The molecule has 1 aliphatic rings. The third kappa shape index (κ3) is 5.91. The number of nitrogens with two attached hydrogens (primary N) is 1. The third-order valence-electron chi connectivity index (χ3n) is 3.90. The molecule has 0 aromatic carbocycles. The van der Waals surface area contributed by atoms with E-state index in [2.05, 4.69) is 19.2 Å². The van der Waals surface area contributed by atoms with Crippen LogP contribution in [0.1, 0.15) is 59.3 Å². The van der Waals surface area contributed by atoms with Crippen LogP contribution in [0.5, 0.6) is 0 Å². The molecule has 4 heteroatoms. The first-order valence-electron chi connectivity index (χ1n) is 7.57. The molecule has 0 bridgehead atoms. The van der Waals surface area contributed by atoms with Crippen molar-refractivity contribution in [1.29, 1.82) is 0 Å². The van der Waals surface area contributed by atoms with E-state index in [9.17, 15) is 9.90 Å². The average molecular weight is 270 g/mol. The molecule has 0 aromatic rings. The molecular formula is C15H30N2O2. The Balaban J connectivity index is 2.45. The van der Waals surface area contributed by atoms with Gasteiger partial charge < -0.3 is 16.2 Å². The maximum atomic E-state index is 12.2. The molecule has 0 saturated heterocycles. The molecular weight excluding hydrogens is 240 g/mol. The quantitative estimate of drug-likeness (QED) is 0.667. The van der Waals surface area contributed by atoms with Gasteiger partial charge in [0.05, 0.1) is 11.5 Å². The van der Waals surface area contributed by atoms with E-state index in [1.165, 1.54) is 6.42 Å². The predicted molar refractivity (Wildman–Crippen MR) is 77.6 cm³/mol. The van der Waals surface area contributed by atoms with Crippen molar-refractivity contribution in [3.63, 3.8) is 0 Å². The average Bonchev–Trinajstić information content (AvgIpc) is 2.49. The Bertz CT molecular complexity index is 290. The summed E-state index contributed by atoms with van der Waals surface area (Å²) in [5, 5.41) is 13.1. The zero-order chi connectivity index (χ0) is 14.5. The van der Waals surface area contributed by atoms with Crippen LogP contribution in [0, 0.1) is 11.8 Å². The van der Waals surface area contributed by atoms with E-state index in [1.807, 2.05) is 0 Å². The molecule has 1 rings (SSSR count). The summed E-state index contributed by atoms with van der Waals surface area (Å²) in [6.45, 7) is 6.22. The SMILES string of the molecule is CC(C)CC(C)(O)CNC(=O)C1CCCCCC1N. The van der Waals surface area contributed by atoms with Gasteiger partial charge in [0.15, 0.2) is 0 Å². The van der Waals surface area contributed by atoms with Crippen LogP contribution < -0.4 is 11.1 Å². The molecule has 3 atom stereocenters. The molecule has 1 aliphatic carbocycles. The van der Waals surface area contributed by atoms with Gasteiger partial charge in [-0.2, -0.15) is 0 Å². The second kappa shape index (κ2) is 7.25. The van der Waals surface area contributed by atoms with Crippen LogP contribution in [-0.2, 0) is 4.79 Å². The van der Waals surface area contributed by atoms with Crippen molar-refractivity contribution < 1.29 is 9.90 Å².